The summed E-state index contributed by atoms with van der Waals surface area (Å²) in [6.07, 6.45) is 2.40. The number of allylic oxidation sites excluding steroid dienone is 1. The van der Waals surface area contributed by atoms with Gasteiger partial charge in [0.2, 0.25) is 0 Å². The molecule has 0 saturated heterocycles. The van der Waals surface area contributed by atoms with Gasteiger partial charge in [0.15, 0.2) is 0 Å². The SMILES string of the molecule is CC(=O)OC[C@H]1C(=C(C)C)CC[C@@H]1C. The maximum Gasteiger partial charge on any atom is 0.302 e. The van der Waals surface area contributed by atoms with Crippen LogP contribution in [-0.4, -0.2) is 12.6 Å². The third-order valence-corrected chi connectivity index (χ3v) is 3.11. The van der Waals surface area contributed by atoms with Crippen LogP contribution in [0.4, 0.5) is 0 Å². The number of esters is 1. The topological polar surface area (TPSA) is 26.3 Å². The van der Waals surface area contributed by atoms with E-state index in [0.29, 0.717) is 18.4 Å². The Balaban J connectivity index is 2.63. The maximum absolute atomic E-state index is 10.7. The van der Waals surface area contributed by atoms with Gasteiger partial charge in [-0.15, -0.1) is 0 Å². The van der Waals surface area contributed by atoms with Crippen LogP contribution in [0.25, 0.3) is 0 Å². The molecule has 0 bridgehead atoms. The summed E-state index contributed by atoms with van der Waals surface area (Å²) < 4.78 is 5.10. The van der Waals surface area contributed by atoms with Gasteiger partial charge in [-0.3, -0.25) is 4.79 Å². The molecule has 80 valence electrons. The van der Waals surface area contributed by atoms with E-state index < -0.39 is 0 Å². The lowest BCUT2D eigenvalue weighted by molar-refractivity contribution is -0.142. The van der Waals surface area contributed by atoms with Gasteiger partial charge in [0.25, 0.3) is 0 Å². The van der Waals surface area contributed by atoms with Gasteiger partial charge >= 0.3 is 5.97 Å². The van der Waals surface area contributed by atoms with E-state index >= 15 is 0 Å². The van der Waals surface area contributed by atoms with Crippen LogP contribution in [0, 0.1) is 11.8 Å². The fraction of sp³-hybridized carbons (Fsp3) is 0.750. The minimum atomic E-state index is -0.169. The van der Waals surface area contributed by atoms with E-state index in [0.717, 1.165) is 0 Å². The van der Waals surface area contributed by atoms with Crippen LogP contribution >= 0.6 is 0 Å². The minimum absolute atomic E-state index is 0.169. The Kier molecular flexibility index (Phi) is 3.73. The first-order valence-electron chi connectivity index (χ1n) is 5.32. The standard InChI is InChI=1S/C12H20O2/c1-8(2)11-6-5-9(3)12(11)7-14-10(4)13/h9,12H,5-7H2,1-4H3/t9-,12+/m0/s1. The highest BCUT2D eigenvalue weighted by Crippen LogP contribution is 2.38. The van der Waals surface area contributed by atoms with Crippen LogP contribution in [0.5, 0.6) is 0 Å². The molecular weight excluding hydrogens is 176 g/mol. The van der Waals surface area contributed by atoms with E-state index in [-0.39, 0.29) is 5.97 Å². The average molecular weight is 196 g/mol. The van der Waals surface area contributed by atoms with Crippen molar-refractivity contribution in [2.75, 3.05) is 6.61 Å². The lowest BCUT2D eigenvalue weighted by Crippen LogP contribution is -2.16. The third kappa shape index (κ3) is 2.60. The Morgan fingerprint density at radius 2 is 2.07 bits per heavy atom. The van der Waals surface area contributed by atoms with Gasteiger partial charge in [0, 0.05) is 12.8 Å². The first kappa shape index (κ1) is 11.3. The first-order chi connectivity index (χ1) is 6.52. The van der Waals surface area contributed by atoms with Crippen molar-refractivity contribution in [3.8, 4) is 0 Å². The summed E-state index contributed by atoms with van der Waals surface area (Å²) in [5, 5.41) is 0. The molecule has 1 aliphatic carbocycles. The normalized spacial score (nSPS) is 26.4. The molecule has 1 fully saturated rings. The van der Waals surface area contributed by atoms with Crippen LogP contribution in [0.15, 0.2) is 11.1 Å². The molecule has 0 aromatic rings. The predicted molar refractivity (Wildman–Crippen MR) is 56.9 cm³/mol. The van der Waals surface area contributed by atoms with E-state index in [1.165, 1.54) is 30.9 Å². The summed E-state index contributed by atoms with van der Waals surface area (Å²) in [6, 6.07) is 0. The van der Waals surface area contributed by atoms with Gasteiger partial charge in [-0.1, -0.05) is 18.1 Å². The van der Waals surface area contributed by atoms with Gasteiger partial charge in [-0.05, 0) is 32.6 Å². The van der Waals surface area contributed by atoms with Crippen LogP contribution in [0.1, 0.15) is 40.5 Å². The lowest BCUT2D eigenvalue weighted by atomic mass is 9.93. The van der Waals surface area contributed by atoms with Gasteiger partial charge in [-0.25, -0.2) is 0 Å². The largest absolute Gasteiger partial charge is 0.465 e. The van der Waals surface area contributed by atoms with Gasteiger partial charge in [0.1, 0.15) is 0 Å². The van der Waals surface area contributed by atoms with Crippen molar-refractivity contribution >= 4 is 5.97 Å². The number of carbonyl (C=O) groups is 1. The molecule has 1 saturated carbocycles. The summed E-state index contributed by atoms with van der Waals surface area (Å²) in [5.41, 5.74) is 2.89. The quantitative estimate of drug-likeness (QED) is 0.501. The predicted octanol–water partition coefficient (Wildman–Crippen LogP) is 2.93. The fourth-order valence-corrected chi connectivity index (χ4v) is 2.21. The van der Waals surface area contributed by atoms with E-state index in [2.05, 4.69) is 20.8 Å². The summed E-state index contributed by atoms with van der Waals surface area (Å²) in [5.74, 6) is 0.945. The number of rotatable bonds is 2. The molecule has 0 radical (unpaired) electrons. The van der Waals surface area contributed by atoms with Crippen molar-refractivity contribution in [2.45, 2.75) is 40.5 Å². The minimum Gasteiger partial charge on any atom is -0.465 e. The third-order valence-electron chi connectivity index (χ3n) is 3.11. The molecule has 0 heterocycles. The van der Waals surface area contributed by atoms with Crippen LogP contribution in [0.2, 0.25) is 0 Å². The number of ether oxygens (including phenoxy) is 1. The summed E-state index contributed by atoms with van der Waals surface area (Å²) in [7, 11) is 0. The zero-order chi connectivity index (χ0) is 10.7. The molecule has 0 unspecified atom stereocenters. The molecule has 2 nitrogen and oxygen atoms in total. The Morgan fingerprint density at radius 3 is 2.57 bits per heavy atom. The molecule has 2 heteroatoms. The molecule has 1 aliphatic rings. The monoisotopic (exact) mass is 196 g/mol. The van der Waals surface area contributed by atoms with Crippen molar-refractivity contribution in [3.05, 3.63) is 11.1 Å². The molecule has 0 aromatic carbocycles. The van der Waals surface area contributed by atoms with Crippen LogP contribution in [-0.2, 0) is 9.53 Å². The summed E-state index contributed by atoms with van der Waals surface area (Å²) >= 11 is 0. The highest BCUT2D eigenvalue weighted by molar-refractivity contribution is 5.65. The Labute approximate surface area is 86.3 Å². The number of carbonyl (C=O) groups excluding carboxylic acids is 1. The molecule has 0 aliphatic heterocycles. The molecule has 0 amide bonds. The summed E-state index contributed by atoms with van der Waals surface area (Å²) in [4.78, 5) is 10.7. The van der Waals surface area contributed by atoms with Crippen molar-refractivity contribution < 1.29 is 9.53 Å². The van der Waals surface area contributed by atoms with Gasteiger partial charge in [-0.2, -0.15) is 0 Å². The van der Waals surface area contributed by atoms with Crippen molar-refractivity contribution in [3.63, 3.8) is 0 Å². The van der Waals surface area contributed by atoms with Crippen LogP contribution < -0.4 is 0 Å². The Morgan fingerprint density at radius 1 is 1.43 bits per heavy atom. The zero-order valence-electron chi connectivity index (χ0n) is 9.59. The second kappa shape index (κ2) is 4.63. The molecule has 0 aromatic heterocycles. The van der Waals surface area contributed by atoms with Crippen molar-refractivity contribution in [1.82, 2.24) is 0 Å². The molecule has 14 heavy (non-hydrogen) atoms. The van der Waals surface area contributed by atoms with Crippen LogP contribution in [0.3, 0.4) is 0 Å². The van der Waals surface area contributed by atoms with E-state index in [1.807, 2.05) is 0 Å². The highest BCUT2D eigenvalue weighted by atomic mass is 16.5. The van der Waals surface area contributed by atoms with Gasteiger partial charge < -0.3 is 4.74 Å². The Bertz CT molecular complexity index is 249. The first-order valence-corrected chi connectivity index (χ1v) is 5.32. The van der Waals surface area contributed by atoms with Crippen molar-refractivity contribution in [2.24, 2.45) is 11.8 Å². The van der Waals surface area contributed by atoms with E-state index in [4.69, 9.17) is 4.74 Å². The summed E-state index contributed by atoms with van der Waals surface area (Å²) in [6.45, 7) is 8.57. The Hall–Kier alpha value is -0.790. The van der Waals surface area contributed by atoms with Crippen molar-refractivity contribution in [1.29, 1.82) is 0 Å². The number of hydrogen-bond acceptors (Lipinski definition) is 2. The second-order valence-electron chi connectivity index (χ2n) is 4.45. The highest BCUT2D eigenvalue weighted by Gasteiger charge is 2.29. The molecule has 1 rings (SSSR count). The maximum atomic E-state index is 10.7. The molecular formula is C12H20O2. The lowest BCUT2D eigenvalue weighted by Gasteiger charge is -2.17. The smallest absolute Gasteiger partial charge is 0.302 e. The zero-order valence-corrected chi connectivity index (χ0v) is 9.59. The second-order valence-corrected chi connectivity index (χ2v) is 4.45. The number of hydrogen-bond donors (Lipinski definition) is 0. The molecule has 2 atom stereocenters. The molecule has 0 N–H and O–H groups in total. The molecule has 0 spiro atoms. The average Bonchev–Trinajstić information content (AvgIpc) is 2.43. The van der Waals surface area contributed by atoms with Gasteiger partial charge in [0.05, 0.1) is 6.61 Å². The van der Waals surface area contributed by atoms with E-state index in [1.54, 1.807) is 0 Å². The van der Waals surface area contributed by atoms with E-state index in [9.17, 15) is 4.79 Å². The fourth-order valence-electron chi connectivity index (χ4n) is 2.21.